The van der Waals surface area contributed by atoms with E-state index in [1.165, 1.54) is 7.11 Å². The van der Waals surface area contributed by atoms with Gasteiger partial charge >= 0.3 is 6.01 Å². The molecule has 0 radical (unpaired) electrons. The summed E-state index contributed by atoms with van der Waals surface area (Å²) >= 11 is 1.55. The molecule has 2 rings (SSSR count). The molecule has 5 heteroatoms. The highest BCUT2D eigenvalue weighted by Gasteiger charge is 2.00. The summed E-state index contributed by atoms with van der Waals surface area (Å²) in [5.74, 6) is 0. The standard InChI is InChI=1S/C8H7N3OS/c1-12-8-9-2-6(3-10-8)7-4-13-5-11-7/h2-5H,1H3. The van der Waals surface area contributed by atoms with Crippen LogP contribution in [0.15, 0.2) is 23.3 Å². The van der Waals surface area contributed by atoms with Gasteiger partial charge in [0.1, 0.15) is 0 Å². The number of thiazole rings is 1. The Labute approximate surface area is 79.3 Å². The zero-order chi connectivity index (χ0) is 9.10. The second kappa shape index (κ2) is 3.49. The smallest absolute Gasteiger partial charge is 0.316 e. The van der Waals surface area contributed by atoms with Crippen molar-refractivity contribution < 1.29 is 4.74 Å². The summed E-state index contributed by atoms with van der Waals surface area (Å²) in [5.41, 5.74) is 3.58. The Morgan fingerprint density at radius 3 is 2.54 bits per heavy atom. The molecule has 0 N–H and O–H groups in total. The monoisotopic (exact) mass is 193 g/mol. The van der Waals surface area contributed by atoms with E-state index in [1.807, 2.05) is 5.38 Å². The summed E-state index contributed by atoms with van der Waals surface area (Å²) in [7, 11) is 1.54. The van der Waals surface area contributed by atoms with Crippen molar-refractivity contribution in [2.45, 2.75) is 0 Å². The molecule has 13 heavy (non-hydrogen) atoms. The van der Waals surface area contributed by atoms with Crippen LogP contribution in [0.3, 0.4) is 0 Å². The number of ether oxygens (including phenoxy) is 1. The Bertz CT molecular complexity index is 371. The maximum atomic E-state index is 4.85. The van der Waals surface area contributed by atoms with Gasteiger partial charge in [0, 0.05) is 23.3 Å². The van der Waals surface area contributed by atoms with E-state index in [-0.39, 0.29) is 0 Å². The Balaban J connectivity index is 2.33. The van der Waals surface area contributed by atoms with Crippen molar-refractivity contribution in [1.29, 1.82) is 0 Å². The van der Waals surface area contributed by atoms with Crippen molar-refractivity contribution in [1.82, 2.24) is 15.0 Å². The van der Waals surface area contributed by atoms with Crippen LogP contribution < -0.4 is 4.74 Å². The summed E-state index contributed by atoms with van der Waals surface area (Å²) in [5, 5.41) is 1.95. The molecule has 0 aliphatic heterocycles. The molecule has 0 atom stereocenters. The van der Waals surface area contributed by atoms with Gasteiger partial charge in [0.25, 0.3) is 0 Å². The number of hydrogen-bond acceptors (Lipinski definition) is 5. The number of rotatable bonds is 2. The van der Waals surface area contributed by atoms with Crippen LogP contribution in [0.2, 0.25) is 0 Å². The third-order valence-corrected chi connectivity index (χ3v) is 2.13. The van der Waals surface area contributed by atoms with Gasteiger partial charge in [0.15, 0.2) is 0 Å². The summed E-state index contributed by atoms with van der Waals surface area (Å²) in [6, 6.07) is 0.374. The van der Waals surface area contributed by atoms with Gasteiger partial charge in [-0.25, -0.2) is 15.0 Å². The third kappa shape index (κ3) is 1.65. The lowest BCUT2D eigenvalue weighted by atomic mass is 10.3. The molecule has 2 aromatic heterocycles. The average molecular weight is 193 g/mol. The van der Waals surface area contributed by atoms with Gasteiger partial charge in [-0.3, -0.25) is 0 Å². The first-order valence-corrected chi connectivity index (χ1v) is 4.59. The van der Waals surface area contributed by atoms with Crippen molar-refractivity contribution in [2.75, 3.05) is 7.11 Å². The van der Waals surface area contributed by atoms with Crippen molar-refractivity contribution >= 4 is 11.3 Å². The fraction of sp³-hybridized carbons (Fsp3) is 0.125. The fourth-order valence-corrected chi connectivity index (χ4v) is 1.47. The first-order chi connectivity index (χ1) is 6.40. The normalized spacial score (nSPS) is 9.92. The summed E-state index contributed by atoms with van der Waals surface area (Å²) in [4.78, 5) is 12.1. The molecule has 0 bridgehead atoms. The Morgan fingerprint density at radius 1 is 1.23 bits per heavy atom. The number of hydrogen-bond donors (Lipinski definition) is 0. The largest absolute Gasteiger partial charge is 0.467 e. The lowest BCUT2D eigenvalue weighted by molar-refractivity contribution is 0.380. The van der Waals surface area contributed by atoms with Crippen molar-refractivity contribution in [3.8, 4) is 17.3 Å². The number of nitrogens with zero attached hydrogens (tertiary/aromatic N) is 3. The number of methoxy groups -OCH3 is 1. The molecule has 4 nitrogen and oxygen atoms in total. The van der Waals surface area contributed by atoms with E-state index in [0.717, 1.165) is 11.3 Å². The van der Waals surface area contributed by atoms with Crippen molar-refractivity contribution in [2.24, 2.45) is 0 Å². The molecule has 0 aliphatic rings. The highest BCUT2D eigenvalue weighted by atomic mass is 32.1. The van der Waals surface area contributed by atoms with Crippen LogP contribution in [0.1, 0.15) is 0 Å². The zero-order valence-electron chi connectivity index (χ0n) is 6.97. The topological polar surface area (TPSA) is 47.9 Å². The van der Waals surface area contributed by atoms with Gasteiger partial charge in [-0.15, -0.1) is 11.3 Å². The minimum Gasteiger partial charge on any atom is -0.467 e. The minimum atomic E-state index is 0.374. The zero-order valence-corrected chi connectivity index (χ0v) is 7.78. The van der Waals surface area contributed by atoms with Gasteiger partial charge in [-0.05, 0) is 0 Å². The molecule has 0 aliphatic carbocycles. The predicted octanol–water partition coefficient (Wildman–Crippen LogP) is 1.61. The lowest BCUT2D eigenvalue weighted by Gasteiger charge is -1.97. The van der Waals surface area contributed by atoms with E-state index in [4.69, 9.17) is 4.74 Å². The fourth-order valence-electron chi connectivity index (χ4n) is 0.909. The van der Waals surface area contributed by atoms with Gasteiger partial charge in [-0.1, -0.05) is 0 Å². The van der Waals surface area contributed by atoms with E-state index in [0.29, 0.717) is 6.01 Å². The van der Waals surface area contributed by atoms with Gasteiger partial charge < -0.3 is 4.74 Å². The molecular formula is C8H7N3OS. The SMILES string of the molecule is COc1ncc(-c2cscn2)cn1. The first kappa shape index (κ1) is 8.12. The molecule has 0 fully saturated rings. The van der Waals surface area contributed by atoms with E-state index in [9.17, 15) is 0 Å². The quantitative estimate of drug-likeness (QED) is 0.727. The van der Waals surface area contributed by atoms with Crippen LogP contribution in [0.5, 0.6) is 6.01 Å². The van der Waals surface area contributed by atoms with E-state index in [1.54, 1.807) is 29.2 Å². The summed E-state index contributed by atoms with van der Waals surface area (Å²) in [6.45, 7) is 0. The van der Waals surface area contributed by atoms with Crippen LogP contribution in [-0.4, -0.2) is 22.1 Å². The van der Waals surface area contributed by atoms with E-state index >= 15 is 0 Å². The minimum absolute atomic E-state index is 0.374. The molecule has 0 spiro atoms. The van der Waals surface area contributed by atoms with Gasteiger partial charge in [0.05, 0.1) is 18.3 Å². The van der Waals surface area contributed by atoms with Crippen molar-refractivity contribution in [3.63, 3.8) is 0 Å². The molecule has 0 saturated carbocycles. The van der Waals surface area contributed by atoms with Crippen LogP contribution in [-0.2, 0) is 0 Å². The lowest BCUT2D eigenvalue weighted by Crippen LogP contribution is -1.91. The van der Waals surface area contributed by atoms with E-state index in [2.05, 4.69) is 15.0 Å². The van der Waals surface area contributed by atoms with E-state index < -0.39 is 0 Å². The third-order valence-electron chi connectivity index (χ3n) is 1.54. The molecule has 0 saturated heterocycles. The molecular weight excluding hydrogens is 186 g/mol. The first-order valence-electron chi connectivity index (χ1n) is 3.65. The molecule has 2 aromatic rings. The summed E-state index contributed by atoms with van der Waals surface area (Å²) in [6.07, 6.45) is 3.39. The second-order valence-electron chi connectivity index (χ2n) is 2.33. The average Bonchev–Trinajstić information content (AvgIpc) is 2.71. The predicted molar refractivity (Wildman–Crippen MR) is 49.7 cm³/mol. The highest BCUT2D eigenvalue weighted by Crippen LogP contribution is 2.17. The number of aromatic nitrogens is 3. The van der Waals surface area contributed by atoms with Crippen LogP contribution >= 0.6 is 11.3 Å². The maximum Gasteiger partial charge on any atom is 0.316 e. The van der Waals surface area contributed by atoms with Crippen LogP contribution in [0.4, 0.5) is 0 Å². The highest BCUT2D eigenvalue weighted by molar-refractivity contribution is 7.07. The van der Waals surface area contributed by atoms with Crippen LogP contribution in [0, 0.1) is 0 Å². The molecule has 66 valence electrons. The summed E-state index contributed by atoms with van der Waals surface area (Å²) < 4.78 is 4.85. The Morgan fingerprint density at radius 2 is 2.00 bits per heavy atom. The Kier molecular flexibility index (Phi) is 2.18. The van der Waals surface area contributed by atoms with Gasteiger partial charge in [0.2, 0.25) is 0 Å². The van der Waals surface area contributed by atoms with Crippen molar-refractivity contribution in [3.05, 3.63) is 23.3 Å². The second-order valence-corrected chi connectivity index (χ2v) is 3.05. The Hall–Kier alpha value is -1.49. The van der Waals surface area contributed by atoms with Gasteiger partial charge in [-0.2, -0.15) is 0 Å². The molecule has 0 aromatic carbocycles. The molecule has 2 heterocycles. The molecule has 0 unspecified atom stereocenters. The molecule has 0 amide bonds. The maximum absolute atomic E-state index is 4.85. The van der Waals surface area contributed by atoms with Crippen LogP contribution in [0.25, 0.3) is 11.3 Å².